The maximum Gasteiger partial charge on any atom is 0.522 e. The monoisotopic (exact) mass is 218 g/mol. The lowest BCUT2D eigenvalue weighted by atomic mass is 10.3. The number of carbonyl (C=O) groups is 1. The van der Waals surface area contributed by atoms with E-state index < -0.39 is 26.9 Å². The van der Waals surface area contributed by atoms with Crippen molar-refractivity contribution in [3.63, 3.8) is 0 Å². The second kappa shape index (κ2) is 3.54. The number of hydrogen-bond acceptors (Lipinski definition) is 5. The van der Waals surface area contributed by atoms with Gasteiger partial charge in [-0.3, -0.25) is 0 Å². The molecule has 2 N–H and O–H groups in total. The number of benzene rings is 1. The van der Waals surface area contributed by atoms with Crippen LogP contribution >= 0.6 is 0 Å². The molecule has 0 bridgehead atoms. The fourth-order valence-corrected chi connectivity index (χ4v) is 1.65. The molecule has 0 radical (unpaired) electrons. The highest BCUT2D eigenvalue weighted by Crippen LogP contribution is 2.23. The van der Waals surface area contributed by atoms with Crippen molar-refractivity contribution in [2.75, 3.05) is 0 Å². The predicted octanol–water partition coefficient (Wildman–Crippen LogP) is 0.775. The van der Waals surface area contributed by atoms with Crippen LogP contribution in [0.25, 0.3) is 0 Å². The Morgan fingerprint density at radius 1 is 1.29 bits per heavy atom. The van der Waals surface area contributed by atoms with E-state index in [1.165, 1.54) is 12.1 Å². The minimum Gasteiger partial charge on any atom is -0.506 e. The van der Waals surface area contributed by atoms with E-state index in [0.717, 1.165) is 12.1 Å². The first-order valence-electron chi connectivity index (χ1n) is 3.39. The molecule has 0 aromatic heterocycles. The van der Waals surface area contributed by atoms with Gasteiger partial charge in [0.15, 0.2) is 0 Å². The van der Waals surface area contributed by atoms with Gasteiger partial charge in [-0.15, -0.1) is 0 Å². The van der Waals surface area contributed by atoms with Crippen molar-refractivity contribution >= 4 is 16.3 Å². The van der Waals surface area contributed by atoms with Crippen molar-refractivity contribution in [3.8, 4) is 5.75 Å². The van der Waals surface area contributed by atoms with Gasteiger partial charge in [0.25, 0.3) is 0 Å². The van der Waals surface area contributed by atoms with Gasteiger partial charge in [0.2, 0.25) is 0 Å². The Hall–Kier alpha value is -1.76. The van der Waals surface area contributed by atoms with Gasteiger partial charge in [-0.25, -0.2) is 4.79 Å². The molecule has 7 heteroatoms. The summed E-state index contributed by atoms with van der Waals surface area (Å²) in [5, 5.41) is 17.2. The van der Waals surface area contributed by atoms with Crippen LogP contribution in [0.1, 0.15) is 0 Å². The highest BCUT2D eigenvalue weighted by molar-refractivity contribution is 7.87. The van der Waals surface area contributed by atoms with E-state index in [0.29, 0.717) is 0 Å². The summed E-state index contributed by atoms with van der Waals surface area (Å²) >= 11 is 0. The van der Waals surface area contributed by atoms with Gasteiger partial charge in [0, 0.05) is 0 Å². The fourth-order valence-electron chi connectivity index (χ4n) is 0.807. The molecule has 1 aromatic carbocycles. The highest BCUT2D eigenvalue weighted by atomic mass is 32.2. The van der Waals surface area contributed by atoms with E-state index in [-0.39, 0.29) is 0 Å². The Kier molecular flexibility index (Phi) is 2.61. The molecule has 0 fully saturated rings. The summed E-state index contributed by atoms with van der Waals surface area (Å²) in [5.74, 6) is -0.561. The predicted molar refractivity (Wildman–Crippen MR) is 44.4 cm³/mol. The lowest BCUT2D eigenvalue weighted by Gasteiger charge is -2.03. The molecule has 0 aliphatic rings. The number of carboxylic acid groups (broad SMARTS) is 1. The normalized spacial score (nSPS) is 10.9. The minimum absolute atomic E-state index is 0.561. The molecule has 0 heterocycles. The number of phenolic OH excluding ortho intramolecular Hbond substituents is 1. The van der Waals surface area contributed by atoms with Gasteiger partial charge in [0.05, 0.1) is 0 Å². The maximum atomic E-state index is 11.1. The molecule has 76 valence electrons. The Labute approximate surface area is 79.5 Å². The number of phenols is 1. The van der Waals surface area contributed by atoms with Gasteiger partial charge < -0.3 is 14.4 Å². The average Bonchev–Trinajstić information content (AvgIpc) is 2.02. The zero-order valence-electron chi connectivity index (χ0n) is 6.75. The molecule has 1 aromatic rings. The highest BCUT2D eigenvalue weighted by Gasteiger charge is 2.22. The molecule has 0 amide bonds. The fraction of sp³-hybridized carbons (Fsp3) is 0. The van der Waals surface area contributed by atoms with E-state index in [1.807, 2.05) is 0 Å². The third-order valence-corrected chi connectivity index (χ3v) is 2.56. The molecule has 0 atom stereocenters. The first-order chi connectivity index (χ1) is 6.43. The molecule has 0 spiro atoms. The summed E-state index contributed by atoms with van der Waals surface area (Å²) < 4.78 is 25.8. The Morgan fingerprint density at radius 2 is 1.86 bits per heavy atom. The summed E-state index contributed by atoms with van der Waals surface area (Å²) in [5.41, 5.74) is 0. The van der Waals surface area contributed by atoms with Gasteiger partial charge in [0.1, 0.15) is 10.6 Å². The zero-order valence-corrected chi connectivity index (χ0v) is 7.56. The molecule has 0 aliphatic carbocycles. The first-order valence-corrected chi connectivity index (χ1v) is 4.80. The maximum absolute atomic E-state index is 11.1. The molecule has 6 nitrogen and oxygen atoms in total. The van der Waals surface area contributed by atoms with Gasteiger partial charge in [-0.1, -0.05) is 12.1 Å². The van der Waals surface area contributed by atoms with Gasteiger partial charge >= 0.3 is 16.3 Å². The summed E-state index contributed by atoms with van der Waals surface area (Å²) in [6, 6.07) is 4.87. The van der Waals surface area contributed by atoms with Crippen LogP contribution in [0.2, 0.25) is 0 Å². The topological polar surface area (TPSA) is 101 Å². The average molecular weight is 218 g/mol. The SMILES string of the molecule is O=C(O)OS(=O)(=O)c1ccccc1O. The van der Waals surface area contributed by atoms with Crippen LogP contribution in [0.3, 0.4) is 0 Å². The van der Waals surface area contributed by atoms with Gasteiger partial charge in [-0.2, -0.15) is 8.42 Å². The molecule has 1 rings (SSSR count). The van der Waals surface area contributed by atoms with E-state index in [2.05, 4.69) is 4.18 Å². The van der Waals surface area contributed by atoms with Crippen LogP contribution in [-0.2, 0) is 14.3 Å². The van der Waals surface area contributed by atoms with Crippen molar-refractivity contribution in [2.45, 2.75) is 4.90 Å². The van der Waals surface area contributed by atoms with E-state index in [1.54, 1.807) is 0 Å². The van der Waals surface area contributed by atoms with E-state index >= 15 is 0 Å². The van der Waals surface area contributed by atoms with Crippen LogP contribution in [0.4, 0.5) is 4.79 Å². The molecule has 0 saturated carbocycles. The summed E-state index contributed by atoms with van der Waals surface area (Å²) in [6.07, 6.45) is -1.95. The third-order valence-electron chi connectivity index (χ3n) is 1.32. The third kappa shape index (κ3) is 2.13. The second-order valence-corrected chi connectivity index (χ2v) is 3.79. The molecule has 0 aliphatic heterocycles. The quantitative estimate of drug-likeness (QED) is 0.711. The lowest BCUT2D eigenvalue weighted by Crippen LogP contribution is -2.11. The molecular formula is C7H6O6S. The van der Waals surface area contributed by atoms with Crippen molar-refractivity contribution in [2.24, 2.45) is 0 Å². The Bertz CT molecular complexity index is 449. The largest absolute Gasteiger partial charge is 0.522 e. The van der Waals surface area contributed by atoms with E-state index in [9.17, 15) is 13.2 Å². The zero-order chi connectivity index (χ0) is 10.8. The van der Waals surface area contributed by atoms with Crippen molar-refractivity contribution in [1.82, 2.24) is 0 Å². The van der Waals surface area contributed by atoms with Crippen LogP contribution in [0.15, 0.2) is 29.2 Å². The summed E-state index contributed by atoms with van der Waals surface area (Å²) in [6.45, 7) is 0. The van der Waals surface area contributed by atoms with Crippen molar-refractivity contribution < 1.29 is 27.6 Å². The Morgan fingerprint density at radius 3 is 2.36 bits per heavy atom. The first kappa shape index (κ1) is 10.3. The number of hydrogen-bond donors (Lipinski definition) is 2. The van der Waals surface area contributed by atoms with Crippen molar-refractivity contribution in [1.29, 1.82) is 0 Å². The smallest absolute Gasteiger partial charge is 0.506 e. The minimum atomic E-state index is -4.44. The van der Waals surface area contributed by atoms with Gasteiger partial charge in [-0.05, 0) is 12.1 Å². The standard InChI is InChI=1S/C7H6O6S/c8-5-3-1-2-4-6(5)14(11,12)13-7(9)10/h1-4,8H,(H,9,10). The number of aromatic hydroxyl groups is 1. The molecular weight excluding hydrogens is 212 g/mol. The summed E-state index contributed by atoms with van der Waals surface area (Å²) in [4.78, 5) is 9.44. The second-order valence-electron chi connectivity index (χ2n) is 2.27. The number of rotatable bonds is 2. The Balaban J connectivity index is 3.17. The van der Waals surface area contributed by atoms with Crippen LogP contribution in [0.5, 0.6) is 5.75 Å². The van der Waals surface area contributed by atoms with Crippen LogP contribution in [-0.4, -0.2) is 24.8 Å². The molecule has 14 heavy (non-hydrogen) atoms. The lowest BCUT2D eigenvalue weighted by molar-refractivity contribution is 0.147. The van der Waals surface area contributed by atoms with Crippen molar-refractivity contribution in [3.05, 3.63) is 24.3 Å². The number of para-hydroxylation sites is 1. The van der Waals surface area contributed by atoms with Crippen LogP contribution in [0, 0.1) is 0 Å². The van der Waals surface area contributed by atoms with E-state index in [4.69, 9.17) is 10.2 Å². The van der Waals surface area contributed by atoms with Crippen LogP contribution < -0.4 is 0 Å². The summed E-state index contributed by atoms with van der Waals surface area (Å²) in [7, 11) is -4.44. The molecule has 0 unspecified atom stereocenters. The molecule has 0 saturated heterocycles.